The highest BCUT2D eigenvalue weighted by atomic mass is 28.1. The van der Waals surface area contributed by atoms with Gasteiger partial charge in [-0.2, -0.15) is 0 Å². The van der Waals surface area contributed by atoms with Gasteiger partial charge in [-0.25, -0.2) is 17.6 Å². The molecule has 3 rings (SSSR count). The van der Waals surface area contributed by atoms with Crippen molar-refractivity contribution in [3.63, 3.8) is 0 Å². The summed E-state index contributed by atoms with van der Waals surface area (Å²) in [6, 6.07) is 5.93. The number of aryl methyl sites for hydroxylation is 1. The van der Waals surface area contributed by atoms with Crippen molar-refractivity contribution in [1.82, 2.24) is 0 Å². The Kier molecular flexibility index (Phi) is 6.40. The zero-order chi connectivity index (χ0) is 19.6. The first-order chi connectivity index (χ1) is 12.9. The fourth-order valence-electron chi connectivity index (χ4n) is 4.13. The minimum Gasteiger partial charge on any atom is -0.207 e. The van der Waals surface area contributed by atoms with Crippen LogP contribution in [0.5, 0.6) is 0 Å². The Balaban J connectivity index is 1.74. The number of hydrogen-bond acceptors (Lipinski definition) is 0. The van der Waals surface area contributed by atoms with Gasteiger partial charge in [0.2, 0.25) is 0 Å². The van der Waals surface area contributed by atoms with Gasteiger partial charge in [-0.3, -0.25) is 0 Å². The third-order valence-corrected chi connectivity index (χ3v) is 7.21. The van der Waals surface area contributed by atoms with Crippen LogP contribution in [0.4, 0.5) is 17.6 Å². The Bertz CT molecular complexity index is 764. The molecular weight excluding hydrogens is 368 g/mol. The van der Waals surface area contributed by atoms with Crippen molar-refractivity contribution in [1.29, 1.82) is 0 Å². The van der Waals surface area contributed by atoms with Crippen LogP contribution in [0.25, 0.3) is 11.1 Å². The van der Waals surface area contributed by atoms with Crippen LogP contribution in [0, 0.1) is 42.0 Å². The van der Waals surface area contributed by atoms with Crippen molar-refractivity contribution in [3.05, 3.63) is 58.7 Å². The van der Waals surface area contributed by atoms with E-state index >= 15 is 0 Å². The van der Waals surface area contributed by atoms with Crippen LogP contribution in [0.2, 0.25) is 6.04 Å². The van der Waals surface area contributed by atoms with Crippen LogP contribution in [0.3, 0.4) is 0 Å². The maximum atomic E-state index is 14.5. The molecule has 1 saturated carbocycles. The molecule has 2 aromatic rings. The Morgan fingerprint density at radius 1 is 0.815 bits per heavy atom. The molecule has 0 N–H and O–H groups in total. The lowest BCUT2D eigenvalue weighted by molar-refractivity contribution is 0.278. The van der Waals surface area contributed by atoms with Crippen LogP contribution in [0.1, 0.15) is 43.2 Å². The SMILES string of the molecule is Cc1c(F)cc(-c2c(F)cc(CCC3CCC(C[SiH3])CC3)cc2F)cc1F. The zero-order valence-electron chi connectivity index (χ0n) is 15.9. The van der Waals surface area contributed by atoms with Gasteiger partial charge in [-0.1, -0.05) is 31.7 Å². The third-order valence-electron chi connectivity index (χ3n) is 6.06. The lowest BCUT2D eigenvalue weighted by atomic mass is 9.80. The first-order valence-corrected chi connectivity index (χ1v) is 11.2. The van der Waals surface area contributed by atoms with Gasteiger partial charge in [0.05, 0.1) is 5.56 Å². The molecule has 0 atom stereocenters. The van der Waals surface area contributed by atoms with E-state index in [1.54, 1.807) is 0 Å². The molecule has 0 saturated heterocycles. The van der Waals surface area contributed by atoms with E-state index in [2.05, 4.69) is 0 Å². The molecule has 0 spiro atoms. The lowest BCUT2D eigenvalue weighted by Crippen LogP contribution is -2.14. The maximum absolute atomic E-state index is 14.5. The number of rotatable bonds is 5. The first-order valence-electron chi connectivity index (χ1n) is 9.83. The highest BCUT2D eigenvalue weighted by Crippen LogP contribution is 2.34. The van der Waals surface area contributed by atoms with Crippen molar-refractivity contribution < 1.29 is 17.6 Å². The average Bonchev–Trinajstić information content (AvgIpc) is 2.64. The molecule has 146 valence electrons. The highest BCUT2D eigenvalue weighted by Gasteiger charge is 2.21. The largest absolute Gasteiger partial charge is 0.207 e. The number of halogens is 4. The Morgan fingerprint density at radius 2 is 1.33 bits per heavy atom. The monoisotopic (exact) mass is 394 g/mol. The summed E-state index contributed by atoms with van der Waals surface area (Å²) >= 11 is 0. The van der Waals surface area contributed by atoms with Crippen LogP contribution < -0.4 is 0 Å². The van der Waals surface area contributed by atoms with E-state index in [1.807, 2.05) is 0 Å². The second-order valence-corrected chi connectivity index (χ2v) is 8.65. The molecule has 0 aliphatic heterocycles. The predicted octanol–water partition coefficient (Wildman–Crippen LogP) is 5.74. The van der Waals surface area contributed by atoms with Gasteiger partial charge in [0.25, 0.3) is 0 Å². The summed E-state index contributed by atoms with van der Waals surface area (Å²) in [4.78, 5) is 0. The topological polar surface area (TPSA) is 0 Å². The number of benzene rings is 2. The van der Waals surface area contributed by atoms with E-state index in [1.165, 1.54) is 61.0 Å². The average molecular weight is 395 g/mol. The summed E-state index contributed by atoms with van der Waals surface area (Å²) in [6.45, 7) is 1.29. The smallest absolute Gasteiger partial charge is 0.134 e. The van der Waals surface area contributed by atoms with E-state index in [4.69, 9.17) is 0 Å². The minimum absolute atomic E-state index is 0.112. The third kappa shape index (κ3) is 4.62. The molecule has 1 fully saturated rings. The maximum Gasteiger partial charge on any atom is 0.134 e. The quantitative estimate of drug-likeness (QED) is 0.448. The zero-order valence-corrected chi connectivity index (χ0v) is 17.9. The van der Waals surface area contributed by atoms with Crippen LogP contribution in [-0.2, 0) is 6.42 Å². The van der Waals surface area contributed by atoms with Crippen molar-refractivity contribution in [2.24, 2.45) is 11.8 Å². The van der Waals surface area contributed by atoms with Crippen LogP contribution >= 0.6 is 0 Å². The molecule has 0 radical (unpaired) electrons. The van der Waals surface area contributed by atoms with E-state index < -0.39 is 23.3 Å². The van der Waals surface area contributed by atoms with Gasteiger partial charge >= 0.3 is 0 Å². The van der Waals surface area contributed by atoms with E-state index in [0.29, 0.717) is 17.9 Å². The van der Waals surface area contributed by atoms with Gasteiger partial charge in [-0.15, -0.1) is 0 Å². The molecule has 0 amide bonds. The highest BCUT2D eigenvalue weighted by molar-refractivity contribution is 6.08. The summed E-state index contributed by atoms with van der Waals surface area (Å²) in [5.74, 6) is -1.64. The second kappa shape index (κ2) is 8.59. The molecule has 5 heteroatoms. The van der Waals surface area contributed by atoms with Crippen molar-refractivity contribution in [2.75, 3.05) is 0 Å². The Morgan fingerprint density at radius 3 is 1.85 bits per heavy atom. The second-order valence-electron chi connectivity index (χ2n) is 7.83. The van der Waals surface area contributed by atoms with Crippen LogP contribution in [0.15, 0.2) is 24.3 Å². The number of hydrogen-bond donors (Lipinski definition) is 0. The predicted molar refractivity (Wildman–Crippen MR) is 105 cm³/mol. The molecular formula is C22H26F4Si. The van der Waals surface area contributed by atoms with Gasteiger partial charge in [0.1, 0.15) is 23.3 Å². The lowest BCUT2D eigenvalue weighted by Gasteiger charge is -2.27. The Hall–Kier alpha value is -1.62. The van der Waals surface area contributed by atoms with Crippen molar-refractivity contribution in [2.45, 2.75) is 51.5 Å². The van der Waals surface area contributed by atoms with E-state index in [-0.39, 0.29) is 16.7 Å². The normalized spacial score (nSPS) is 20.2. The minimum atomic E-state index is -0.807. The summed E-state index contributed by atoms with van der Waals surface area (Å²) in [6.07, 6.45) is 6.53. The molecule has 2 aromatic carbocycles. The standard InChI is InChI=1S/C22H26F4Si/c1-13-18(23)10-17(11-19(13)24)22-20(25)8-16(9-21(22)26)7-4-14-2-5-15(12-27)6-3-14/h8-11,14-15H,2-7,12H2,1,27H3. The van der Waals surface area contributed by atoms with Crippen LogP contribution in [-0.4, -0.2) is 10.2 Å². The summed E-state index contributed by atoms with van der Waals surface area (Å²) < 4.78 is 56.6. The van der Waals surface area contributed by atoms with Gasteiger partial charge < -0.3 is 0 Å². The molecule has 1 aliphatic carbocycles. The van der Waals surface area contributed by atoms with Gasteiger partial charge in [0, 0.05) is 15.8 Å². The Labute approximate surface area is 161 Å². The molecule has 0 bridgehead atoms. The van der Waals surface area contributed by atoms with Gasteiger partial charge in [-0.05, 0) is 67.0 Å². The molecule has 0 aromatic heterocycles. The molecule has 0 heterocycles. The fourth-order valence-corrected chi connectivity index (χ4v) is 4.95. The fraction of sp³-hybridized carbons (Fsp3) is 0.455. The summed E-state index contributed by atoms with van der Waals surface area (Å²) in [5.41, 5.74) is -0.0362. The van der Waals surface area contributed by atoms with E-state index in [0.717, 1.165) is 24.5 Å². The van der Waals surface area contributed by atoms with Gasteiger partial charge in [0.15, 0.2) is 0 Å². The summed E-state index contributed by atoms with van der Waals surface area (Å²) in [5, 5.41) is 0. The van der Waals surface area contributed by atoms with Crippen molar-refractivity contribution >= 4 is 10.2 Å². The first kappa shape index (κ1) is 20.1. The molecule has 1 aliphatic rings. The molecule has 27 heavy (non-hydrogen) atoms. The molecule has 0 unspecified atom stereocenters. The van der Waals surface area contributed by atoms with Crippen molar-refractivity contribution in [3.8, 4) is 11.1 Å². The molecule has 0 nitrogen and oxygen atoms in total. The van der Waals surface area contributed by atoms with E-state index in [9.17, 15) is 17.6 Å². The summed E-state index contributed by atoms with van der Waals surface area (Å²) in [7, 11) is 1.26.